The molecule has 0 amide bonds. The molecule has 5 heteroatoms. The summed E-state index contributed by atoms with van der Waals surface area (Å²) in [4.78, 5) is 6.66. The zero-order valence-electron chi connectivity index (χ0n) is 9.18. The maximum atomic E-state index is 9.44. The number of nitrogens with zero attached hydrogens (tertiary/aromatic N) is 3. The molecular formula is C10H17N3OS. The molecule has 4 nitrogen and oxygen atoms in total. The molecule has 1 heterocycles. The summed E-state index contributed by atoms with van der Waals surface area (Å²) in [5.74, 6) is 0.909. The molecule has 0 radical (unpaired) electrons. The second kappa shape index (κ2) is 4.45. The van der Waals surface area contributed by atoms with Crippen LogP contribution in [0.1, 0.15) is 32.5 Å². The van der Waals surface area contributed by atoms with Crippen LogP contribution < -0.4 is 4.90 Å². The molecule has 1 fully saturated rings. The lowest BCUT2D eigenvalue weighted by Gasteiger charge is -2.22. The highest BCUT2D eigenvalue weighted by atomic mass is 32.1. The Morgan fingerprint density at radius 1 is 1.60 bits per heavy atom. The molecule has 1 saturated carbocycles. The van der Waals surface area contributed by atoms with Gasteiger partial charge in [0.05, 0.1) is 6.10 Å². The summed E-state index contributed by atoms with van der Waals surface area (Å²) in [6.07, 6.45) is 3.00. The molecule has 1 atom stereocenters. The van der Waals surface area contributed by atoms with Crippen LogP contribution in [-0.2, 0) is 6.42 Å². The average Bonchev–Trinajstić information content (AvgIpc) is 2.92. The Labute approximate surface area is 94.1 Å². The van der Waals surface area contributed by atoms with Gasteiger partial charge in [0, 0.05) is 30.5 Å². The summed E-state index contributed by atoms with van der Waals surface area (Å²) in [6.45, 7) is 4.54. The van der Waals surface area contributed by atoms with E-state index in [1.165, 1.54) is 24.4 Å². The first-order valence-electron chi connectivity index (χ1n) is 5.48. The highest BCUT2D eigenvalue weighted by Crippen LogP contribution is 2.32. The van der Waals surface area contributed by atoms with Crippen molar-refractivity contribution < 1.29 is 5.11 Å². The summed E-state index contributed by atoms with van der Waals surface area (Å²) in [5, 5.41) is 10.4. The lowest BCUT2D eigenvalue weighted by Crippen LogP contribution is -2.32. The Hall–Kier alpha value is -0.680. The van der Waals surface area contributed by atoms with Gasteiger partial charge in [0.1, 0.15) is 5.82 Å². The van der Waals surface area contributed by atoms with Crippen molar-refractivity contribution in [1.82, 2.24) is 9.36 Å². The van der Waals surface area contributed by atoms with Gasteiger partial charge in [0.15, 0.2) is 0 Å². The van der Waals surface area contributed by atoms with E-state index in [9.17, 15) is 5.11 Å². The smallest absolute Gasteiger partial charge is 0.205 e. The topological polar surface area (TPSA) is 49.2 Å². The highest BCUT2D eigenvalue weighted by Gasteiger charge is 2.31. The van der Waals surface area contributed by atoms with Gasteiger partial charge in [-0.05, 0) is 19.8 Å². The predicted molar refractivity (Wildman–Crippen MR) is 61.3 cm³/mol. The predicted octanol–water partition coefficient (Wildman–Crippen LogP) is 1.45. The van der Waals surface area contributed by atoms with Crippen LogP contribution in [-0.4, -0.2) is 33.2 Å². The second-order valence-electron chi connectivity index (χ2n) is 4.08. The van der Waals surface area contributed by atoms with E-state index in [-0.39, 0.29) is 6.10 Å². The van der Waals surface area contributed by atoms with Crippen LogP contribution in [0.25, 0.3) is 0 Å². The Bertz CT molecular complexity index is 322. The third kappa shape index (κ3) is 2.66. The van der Waals surface area contributed by atoms with Crippen LogP contribution in [0.3, 0.4) is 0 Å². The third-order valence-electron chi connectivity index (χ3n) is 2.47. The molecule has 0 aliphatic heterocycles. The highest BCUT2D eigenvalue weighted by molar-refractivity contribution is 7.09. The maximum absolute atomic E-state index is 9.44. The summed E-state index contributed by atoms with van der Waals surface area (Å²) in [5.41, 5.74) is 0. The van der Waals surface area contributed by atoms with E-state index < -0.39 is 0 Å². The Morgan fingerprint density at radius 2 is 2.33 bits per heavy atom. The third-order valence-corrected chi connectivity index (χ3v) is 3.26. The summed E-state index contributed by atoms with van der Waals surface area (Å²) >= 11 is 1.45. The van der Waals surface area contributed by atoms with Gasteiger partial charge in [-0.2, -0.15) is 4.37 Å². The monoisotopic (exact) mass is 227 g/mol. The van der Waals surface area contributed by atoms with Crippen molar-refractivity contribution in [1.29, 1.82) is 0 Å². The second-order valence-corrected chi connectivity index (χ2v) is 4.81. The van der Waals surface area contributed by atoms with Crippen molar-refractivity contribution >= 4 is 16.7 Å². The van der Waals surface area contributed by atoms with Crippen molar-refractivity contribution in [3.05, 3.63) is 5.82 Å². The fourth-order valence-electron chi connectivity index (χ4n) is 1.56. The van der Waals surface area contributed by atoms with Crippen molar-refractivity contribution in [2.75, 3.05) is 11.4 Å². The van der Waals surface area contributed by atoms with Crippen LogP contribution in [0, 0.1) is 0 Å². The molecule has 0 aromatic carbocycles. The van der Waals surface area contributed by atoms with Gasteiger partial charge in [0.2, 0.25) is 5.13 Å². The van der Waals surface area contributed by atoms with Crippen molar-refractivity contribution in [3.8, 4) is 0 Å². The first-order chi connectivity index (χ1) is 7.20. The molecule has 1 aliphatic rings. The molecule has 0 bridgehead atoms. The maximum Gasteiger partial charge on any atom is 0.205 e. The SMILES string of the molecule is CCc1nsc(N(C[C@H](C)O)C2CC2)n1. The zero-order valence-corrected chi connectivity index (χ0v) is 10.00. The standard InChI is InChI=1S/C10H17N3OS/c1-3-9-11-10(15-12-9)13(6-7(2)14)8-4-5-8/h7-8,14H,3-6H2,1-2H3/t7-/m0/s1. The fourth-order valence-corrected chi connectivity index (χ4v) is 2.39. The minimum Gasteiger partial charge on any atom is -0.392 e. The Balaban J connectivity index is 2.09. The number of aliphatic hydroxyl groups is 1. The number of hydrogen-bond acceptors (Lipinski definition) is 5. The minimum absolute atomic E-state index is 0.306. The molecule has 1 aromatic rings. The molecule has 0 unspecified atom stereocenters. The minimum atomic E-state index is -0.306. The number of rotatable bonds is 5. The van der Waals surface area contributed by atoms with E-state index in [1.807, 2.05) is 6.92 Å². The van der Waals surface area contributed by atoms with E-state index in [2.05, 4.69) is 21.2 Å². The summed E-state index contributed by atoms with van der Waals surface area (Å²) in [7, 11) is 0. The Morgan fingerprint density at radius 3 is 2.80 bits per heavy atom. The number of anilines is 1. The van der Waals surface area contributed by atoms with Crippen LogP contribution >= 0.6 is 11.5 Å². The molecule has 1 aliphatic carbocycles. The van der Waals surface area contributed by atoms with Crippen LogP contribution in [0.5, 0.6) is 0 Å². The molecule has 0 saturated heterocycles. The van der Waals surface area contributed by atoms with Gasteiger partial charge in [-0.25, -0.2) is 4.98 Å². The molecule has 1 aromatic heterocycles. The van der Waals surface area contributed by atoms with Crippen LogP contribution in [0.2, 0.25) is 0 Å². The van der Waals surface area contributed by atoms with Gasteiger partial charge in [-0.1, -0.05) is 6.92 Å². The van der Waals surface area contributed by atoms with Gasteiger partial charge in [-0.3, -0.25) is 0 Å². The molecule has 84 valence electrons. The van der Waals surface area contributed by atoms with Gasteiger partial charge in [-0.15, -0.1) is 0 Å². The molecule has 15 heavy (non-hydrogen) atoms. The number of hydrogen-bond donors (Lipinski definition) is 1. The zero-order chi connectivity index (χ0) is 10.8. The number of aryl methyl sites for hydroxylation is 1. The van der Waals surface area contributed by atoms with Crippen molar-refractivity contribution in [2.24, 2.45) is 0 Å². The van der Waals surface area contributed by atoms with E-state index in [1.54, 1.807) is 0 Å². The molecule has 2 rings (SSSR count). The lowest BCUT2D eigenvalue weighted by atomic mass is 10.3. The summed E-state index contributed by atoms with van der Waals surface area (Å²) < 4.78 is 4.28. The van der Waals surface area contributed by atoms with E-state index in [0.29, 0.717) is 12.6 Å². The molecule has 0 spiro atoms. The molecular weight excluding hydrogens is 210 g/mol. The van der Waals surface area contributed by atoms with E-state index in [4.69, 9.17) is 0 Å². The quantitative estimate of drug-likeness (QED) is 0.827. The van der Waals surface area contributed by atoms with E-state index in [0.717, 1.165) is 17.4 Å². The van der Waals surface area contributed by atoms with Crippen molar-refractivity contribution in [2.45, 2.75) is 45.3 Å². The lowest BCUT2D eigenvalue weighted by molar-refractivity contribution is 0.199. The largest absolute Gasteiger partial charge is 0.392 e. The van der Waals surface area contributed by atoms with Gasteiger partial charge >= 0.3 is 0 Å². The number of aliphatic hydroxyl groups excluding tert-OH is 1. The van der Waals surface area contributed by atoms with E-state index >= 15 is 0 Å². The fraction of sp³-hybridized carbons (Fsp3) is 0.800. The molecule has 1 N–H and O–H groups in total. The van der Waals surface area contributed by atoms with Gasteiger partial charge < -0.3 is 10.0 Å². The first-order valence-corrected chi connectivity index (χ1v) is 6.25. The first kappa shape index (κ1) is 10.8. The average molecular weight is 227 g/mol. The van der Waals surface area contributed by atoms with Crippen LogP contribution in [0.4, 0.5) is 5.13 Å². The van der Waals surface area contributed by atoms with Gasteiger partial charge in [0.25, 0.3) is 0 Å². The van der Waals surface area contributed by atoms with Crippen molar-refractivity contribution in [3.63, 3.8) is 0 Å². The normalized spacial score (nSPS) is 17.8. The van der Waals surface area contributed by atoms with Crippen LogP contribution in [0.15, 0.2) is 0 Å². The summed E-state index contributed by atoms with van der Waals surface area (Å²) in [6, 6.07) is 0.581. The Kier molecular flexibility index (Phi) is 3.21. The number of aromatic nitrogens is 2.